The molecule has 136 valence electrons. The highest BCUT2D eigenvalue weighted by Crippen LogP contribution is 2.36. The molecule has 0 aliphatic heterocycles. The van der Waals surface area contributed by atoms with Crippen LogP contribution in [0, 0.1) is 17.2 Å². The Kier molecular flexibility index (Phi) is 6.44. The van der Waals surface area contributed by atoms with Crippen LogP contribution >= 0.6 is 0 Å². The molecule has 0 radical (unpaired) electrons. The number of hydrogen-bond acceptors (Lipinski definition) is 4. The van der Waals surface area contributed by atoms with Crippen molar-refractivity contribution in [1.82, 2.24) is 0 Å². The number of rotatable bonds is 6. The maximum atomic E-state index is 12.9. The van der Waals surface area contributed by atoms with Crippen LogP contribution in [0.15, 0.2) is 18.2 Å². The largest absolute Gasteiger partial charge is 0.491 e. The van der Waals surface area contributed by atoms with Crippen LogP contribution in [-0.4, -0.2) is 24.2 Å². The van der Waals surface area contributed by atoms with Crippen molar-refractivity contribution < 1.29 is 14.3 Å². The van der Waals surface area contributed by atoms with Gasteiger partial charge in [-0.25, -0.2) is 0 Å². The lowest BCUT2D eigenvalue weighted by Gasteiger charge is -2.37. The zero-order valence-corrected chi connectivity index (χ0v) is 15.6. The molecule has 2 rings (SSSR count). The minimum absolute atomic E-state index is 0.0254. The van der Waals surface area contributed by atoms with Crippen LogP contribution in [0.1, 0.15) is 58.9 Å². The summed E-state index contributed by atoms with van der Waals surface area (Å²) in [6.45, 7) is 8.46. The van der Waals surface area contributed by atoms with Crippen molar-refractivity contribution >= 4 is 11.6 Å². The Morgan fingerprint density at radius 1 is 1.40 bits per heavy atom. The molecule has 1 fully saturated rings. The van der Waals surface area contributed by atoms with Crippen LogP contribution in [0.5, 0.6) is 5.75 Å². The molecule has 1 N–H and O–H groups in total. The summed E-state index contributed by atoms with van der Waals surface area (Å²) in [5, 5.41) is 12.3. The van der Waals surface area contributed by atoms with E-state index in [4.69, 9.17) is 9.47 Å². The monoisotopic (exact) mass is 344 g/mol. The van der Waals surface area contributed by atoms with Gasteiger partial charge in [0.15, 0.2) is 0 Å². The lowest BCUT2D eigenvalue weighted by Crippen LogP contribution is -2.48. The SMILES string of the molecule is CCOC1(C(=O)Nc2ccc(OC(C)C)cc2C#N)CCC(C)CC1. The first kappa shape index (κ1) is 19.3. The van der Waals surface area contributed by atoms with Crippen molar-refractivity contribution in [2.75, 3.05) is 11.9 Å². The normalized spacial score (nSPS) is 23.1. The van der Waals surface area contributed by atoms with Crippen LogP contribution in [0.2, 0.25) is 0 Å². The van der Waals surface area contributed by atoms with Crippen molar-refractivity contribution in [2.24, 2.45) is 5.92 Å². The van der Waals surface area contributed by atoms with Gasteiger partial charge in [-0.2, -0.15) is 5.26 Å². The molecule has 1 saturated carbocycles. The van der Waals surface area contributed by atoms with Gasteiger partial charge in [0.2, 0.25) is 0 Å². The van der Waals surface area contributed by atoms with Gasteiger partial charge in [-0.3, -0.25) is 4.79 Å². The lowest BCUT2D eigenvalue weighted by molar-refractivity contribution is -0.146. The third kappa shape index (κ3) is 4.73. The maximum Gasteiger partial charge on any atom is 0.256 e. The van der Waals surface area contributed by atoms with Gasteiger partial charge in [-0.1, -0.05) is 6.92 Å². The maximum absolute atomic E-state index is 12.9. The van der Waals surface area contributed by atoms with Crippen LogP contribution in [0.4, 0.5) is 5.69 Å². The minimum atomic E-state index is -0.791. The summed E-state index contributed by atoms with van der Waals surface area (Å²) >= 11 is 0. The first-order valence-electron chi connectivity index (χ1n) is 9.06. The molecule has 0 aromatic heterocycles. The zero-order valence-electron chi connectivity index (χ0n) is 15.6. The van der Waals surface area contributed by atoms with Gasteiger partial charge in [0.05, 0.1) is 17.4 Å². The molecule has 1 aromatic rings. The number of nitrogens with zero attached hydrogens (tertiary/aromatic N) is 1. The quantitative estimate of drug-likeness (QED) is 0.836. The molecule has 1 amide bonds. The molecule has 5 nitrogen and oxygen atoms in total. The number of nitrogens with one attached hydrogen (secondary N) is 1. The summed E-state index contributed by atoms with van der Waals surface area (Å²) < 4.78 is 11.5. The van der Waals surface area contributed by atoms with Gasteiger partial charge in [-0.15, -0.1) is 0 Å². The van der Waals surface area contributed by atoms with Gasteiger partial charge in [-0.05, 0) is 64.5 Å². The van der Waals surface area contributed by atoms with E-state index in [1.165, 1.54) is 0 Å². The van der Waals surface area contributed by atoms with E-state index in [1.54, 1.807) is 18.2 Å². The van der Waals surface area contributed by atoms with Crippen molar-refractivity contribution in [3.8, 4) is 11.8 Å². The number of nitriles is 1. The Hall–Kier alpha value is -2.06. The van der Waals surface area contributed by atoms with Gasteiger partial charge in [0.1, 0.15) is 17.4 Å². The average molecular weight is 344 g/mol. The predicted molar refractivity (Wildman–Crippen MR) is 97.5 cm³/mol. The lowest BCUT2D eigenvalue weighted by atomic mass is 9.78. The fraction of sp³-hybridized carbons (Fsp3) is 0.600. The number of carbonyl (C=O) groups is 1. The molecular weight excluding hydrogens is 316 g/mol. The highest BCUT2D eigenvalue weighted by molar-refractivity contribution is 5.98. The van der Waals surface area contributed by atoms with Crippen LogP contribution in [-0.2, 0) is 9.53 Å². The molecule has 1 aliphatic rings. The van der Waals surface area contributed by atoms with E-state index in [0.717, 1.165) is 12.8 Å². The highest BCUT2D eigenvalue weighted by atomic mass is 16.5. The Balaban J connectivity index is 2.19. The topological polar surface area (TPSA) is 71.3 Å². The average Bonchev–Trinajstić information content (AvgIpc) is 2.58. The molecule has 25 heavy (non-hydrogen) atoms. The van der Waals surface area contributed by atoms with E-state index < -0.39 is 5.60 Å². The predicted octanol–water partition coefficient (Wildman–Crippen LogP) is 4.27. The van der Waals surface area contributed by atoms with E-state index in [9.17, 15) is 10.1 Å². The van der Waals surface area contributed by atoms with E-state index in [0.29, 0.717) is 42.4 Å². The molecule has 1 aliphatic carbocycles. The Bertz CT molecular complexity index is 641. The first-order chi connectivity index (χ1) is 11.9. The number of anilines is 1. The third-order valence-electron chi connectivity index (χ3n) is 4.65. The molecular formula is C20H28N2O3. The molecule has 5 heteroatoms. The number of ether oxygens (including phenoxy) is 2. The summed E-state index contributed by atoms with van der Waals surface area (Å²) in [6.07, 6.45) is 3.39. The summed E-state index contributed by atoms with van der Waals surface area (Å²) in [5.41, 5.74) is 0.102. The Morgan fingerprint density at radius 3 is 2.64 bits per heavy atom. The Morgan fingerprint density at radius 2 is 2.08 bits per heavy atom. The highest BCUT2D eigenvalue weighted by Gasteiger charge is 2.42. The number of hydrogen-bond donors (Lipinski definition) is 1. The molecule has 0 heterocycles. The van der Waals surface area contributed by atoms with Gasteiger partial charge < -0.3 is 14.8 Å². The van der Waals surface area contributed by atoms with Gasteiger partial charge in [0, 0.05) is 12.7 Å². The van der Waals surface area contributed by atoms with E-state index in [2.05, 4.69) is 18.3 Å². The van der Waals surface area contributed by atoms with Crippen molar-refractivity contribution in [3.05, 3.63) is 23.8 Å². The minimum Gasteiger partial charge on any atom is -0.491 e. The second kappa shape index (κ2) is 8.35. The number of benzene rings is 1. The second-order valence-corrected chi connectivity index (χ2v) is 7.05. The zero-order chi connectivity index (χ0) is 18.4. The summed E-state index contributed by atoms with van der Waals surface area (Å²) in [5.74, 6) is 1.08. The van der Waals surface area contributed by atoms with Crippen LogP contribution in [0.25, 0.3) is 0 Å². The third-order valence-corrected chi connectivity index (χ3v) is 4.65. The van der Waals surface area contributed by atoms with Gasteiger partial charge >= 0.3 is 0 Å². The molecule has 0 bridgehead atoms. The summed E-state index contributed by atoms with van der Waals surface area (Å²) in [6, 6.07) is 7.28. The smallest absolute Gasteiger partial charge is 0.256 e. The molecule has 0 saturated heterocycles. The standard InChI is InChI=1S/C20H28N2O3/c1-5-24-20(10-8-15(4)9-11-20)19(23)22-18-7-6-17(25-14(2)3)12-16(18)13-21/h6-7,12,14-15H,5,8-11H2,1-4H3,(H,22,23). The second-order valence-electron chi connectivity index (χ2n) is 7.05. The molecule has 1 aromatic carbocycles. The summed E-state index contributed by atoms with van der Waals surface area (Å²) in [4.78, 5) is 12.9. The molecule has 0 unspecified atom stereocenters. The fourth-order valence-electron chi connectivity index (χ4n) is 3.25. The molecule has 0 spiro atoms. The van der Waals surface area contributed by atoms with Gasteiger partial charge in [0.25, 0.3) is 5.91 Å². The number of carbonyl (C=O) groups excluding carboxylic acids is 1. The van der Waals surface area contributed by atoms with Crippen LogP contribution < -0.4 is 10.1 Å². The van der Waals surface area contributed by atoms with Crippen molar-refractivity contribution in [2.45, 2.75) is 65.1 Å². The van der Waals surface area contributed by atoms with E-state index in [-0.39, 0.29) is 12.0 Å². The Labute approximate surface area is 150 Å². The molecule has 0 atom stereocenters. The van der Waals surface area contributed by atoms with Crippen molar-refractivity contribution in [1.29, 1.82) is 5.26 Å². The fourth-order valence-corrected chi connectivity index (χ4v) is 3.25. The van der Waals surface area contributed by atoms with Crippen LogP contribution in [0.3, 0.4) is 0 Å². The first-order valence-corrected chi connectivity index (χ1v) is 9.06. The summed E-state index contributed by atoms with van der Waals surface area (Å²) in [7, 11) is 0. The van der Waals surface area contributed by atoms with E-state index >= 15 is 0 Å². The van der Waals surface area contributed by atoms with Crippen molar-refractivity contribution in [3.63, 3.8) is 0 Å². The van der Waals surface area contributed by atoms with E-state index in [1.807, 2.05) is 20.8 Å². The number of amides is 1.